The molecule has 0 radical (unpaired) electrons. The smallest absolute Gasteiger partial charge is 0.162 e. The molecule has 7 heteroatoms. The van der Waals surface area contributed by atoms with Crippen LogP contribution in [0.15, 0.2) is 61.2 Å². The number of nitrogens with zero attached hydrogens (tertiary/aromatic N) is 5. The molecule has 1 aromatic carbocycles. The lowest BCUT2D eigenvalue weighted by Gasteiger charge is -2.16. The van der Waals surface area contributed by atoms with Crippen LogP contribution >= 0.6 is 11.6 Å². The van der Waals surface area contributed by atoms with E-state index in [1.54, 1.807) is 47.4 Å². The second-order valence-corrected chi connectivity index (χ2v) is 6.42. The largest absolute Gasteiger partial charge is 0.377 e. The normalized spacial score (nSPS) is 10.4. The molecule has 3 heterocycles. The summed E-state index contributed by atoms with van der Waals surface area (Å²) in [6.07, 6.45) is 6.75. The van der Waals surface area contributed by atoms with E-state index in [2.05, 4.69) is 27.4 Å². The van der Waals surface area contributed by atoms with Crippen molar-refractivity contribution in [1.82, 2.24) is 14.4 Å². The number of fused-ring (bicyclic) bond motifs is 1. The highest BCUT2D eigenvalue weighted by molar-refractivity contribution is 6.33. The first-order valence-corrected chi connectivity index (χ1v) is 8.83. The number of imidazole rings is 1. The topological polar surface area (TPSA) is 89.8 Å². The summed E-state index contributed by atoms with van der Waals surface area (Å²) in [5.41, 5.74) is 3.75. The molecular formula is C21H13ClN6. The molecular weight excluding hydrogens is 372 g/mol. The van der Waals surface area contributed by atoms with Gasteiger partial charge >= 0.3 is 0 Å². The molecule has 0 aliphatic rings. The van der Waals surface area contributed by atoms with E-state index in [-0.39, 0.29) is 0 Å². The molecule has 0 aliphatic heterocycles. The summed E-state index contributed by atoms with van der Waals surface area (Å²) >= 11 is 6.39. The summed E-state index contributed by atoms with van der Waals surface area (Å²) < 4.78 is 1.67. The van der Waals surface area contributed by atoms with E-state index in [1.807, 2.05) is 18.2 Å². The Morgan fingerprint density at radius 1 is 1.07 bits per heavy atom. The number of aromatic nitrogens is 3. The second kappa shape index (κ2) is 7.40. The van der Waals surface area contributed by atoms with Gasteiger partial charge in [-0.25, -0.2) is 4.98 Å². The predicted octanol–water partition coefficient (Wildman–Crippen LogP) is 4.41. The number of halogens is 1. The average Bonchev–Trinajstić information content (AvgIpc) is 3.22. The fraction of sp³-hybridized carbons (Fsp3) is 0.0476. The molecule has 0 fully saturated rings. The lowest BCUT2D eigenvalue weighted by Crippen LogP contribution is -2.08. The highest BCUT2D eigenvalue weighted by Crippen LogP contribution is 2.38. The number of hydrogen-bond donors (Lipinski definition) is 1. The maximum absolute atomic E-state index is 9.97. The number of benzene rings is 1. The number of anilines is 1. The van der Waals surface area contributed by atoms with Crippen LogP contribution in [0.5, 0.6) is 0 Å². The van der Waals surface area contributed by atoms with E-state index in [1.165, 1.54) is 0 Å². The van der Waals surface area contributed by atoms with Gasteiger partial charge in [0.2, 0.25) is 0 Å². The summed E-state index contributed by atoms with van der Waals surface area (Å²) in [7, 11) is 0. The van der Waals surface area contributed by atoms with E-state index in [0.717, 1.165) is 5.56 Å². The zero-order valence-corrected chi connectivity index (χ0v) is 15.4. The van der Waals surface area contributed by atoms with Crippen LogP contribution in [0.25, 0.3) is 16.8 Å². The fourth-order valence-corrected chi connectivity index (χ4v) is 3.38. The maximum atomic E-state index is 9.97. The number of nitrogens with one attached hydrogen (secondary N) is 1. The summed E-state index contributed by atoms with van der Waals surface area (Å²) in [4.78, 5) is 8.46. The van der Waals surface area contributed by atoms with Gasteiger partial charge in [-0.15, -0.1) is 0 Å². The van der Waals surface area contributed by atoms with E-state index >= 15 is 0 Å². The van der Waals surface area contributed by atoms with Gasteiger partial charge in [-0.2, -0.15) is 10.5 Å². The van der Waals surface area contributed by atoms with Crippen molar-refractivity contribution in [1.29, 1.82) is 10.5 Å². The van der Waals surface area contributed by atoms with Crippen LogP contribution in [0.2, 0.25) is 5.02 Å². The molecule has 0 aliphatic carbocycles. The van der Waals surface area contributed by atoms with Gasteiger partial charge in [0, 0.05) is 47.5 Å². The maximum Gasteiger partial charge on any atom is 0.162 e. The lowest BCUT2D eigenvalue weighted by molar-refractivity contribution is 1.09. The minimum Gasteiger partial charge on any atom is -0.377 e. The highest BCUT2D eigenvalue weighted by Gasteiger charge is 2.23. The summed E-state index contributed by atoms with van der Waals surface area (Å²) in [5, 5.41) is 23.6. The van der Waals surface area contributed by atoms with Crippen molar-refractivity contribution in [2.45, 2.75) is 6.54 Å². The Bertz CT molecular complexity index is 1250. The Balaban J connectivity index is 1.97. The molecule has 3 aromatic heterocycles. The molecule has 0 saturated carbocycles. The van der Waals surface area contributed by atoms with Gasteiger partial charge in [-0.05, 0) is 17.7 Å². The molecule has 4 rings (SSSR count). The fourth-order valence-electron chi connectivity index (χ4n) is 3.15. The first-order valence-electron chi connectivity index (χ1n) is 8.45. The number of pyridine rings is 2. The Morgan fingerprint density at radius 3 is 2.64 bits per heavy atom. The zero-order valence-electron chi connectivity index (χ0n) is 14.6. The number of rotatable bonds is 4. The minimum atomic E-state index is 0.309. The third-order valence-corrected chi connectivity index (χ3v) is 4.72. The van der Waals surface area contributed by atoms with Gasteiger partial charge in [-0.3, -0.25) is 9.38 Å². The van der Waals surface area contributed by atoms with Crippen molar-refractivity contribution in [3.63, 3.8) is 0 Å². The van der Waals surface area contributed by atoms with Crippen LogP contribution in [-0.4, -0.2) is 14.4 Å². The first kappa shape index (κ1) is 17.5. The number of nitriles is 2. The van der Waals surface area contributed by atoms with E-state index < -0.39 is 0 Å². The standard InChI is InChI=1S/C21H13ClN6/c22-17-6-2-1-5-15(17)19-16(10-23)20(27-13-14-4-3-7-25-12-14)21-26-8-9-28(21)18(19)11-24/h1-9,12,27H,13H2. The van der Waals surface area contributed by atoms with Crippen LogP contribution < -0.4 is 5.32 Å². The van der Waals surface area contributed by atoms with Gasteiger partial charge in [0.25, 0.3) is 0 Å². The van der Waals surface area contributed by atoms with Gasteiger partial charge in [0.1, 0.15) is 17.8 Å². The molecule has 0 unspecified atom stereocenters. The Kier molecular flexibility index (Phi) is 4.63. The molecule has 134 valence electrons. The predicted molar refractivity (Wildman–Crippen MR) is 107 cm³/mol. The van der Waals surface area contributed by atoms with Crippen molar-refractivity contribution < 1.29 is 0 Å². The number of hydrogen-bond acceptors (Lipinski definition) is 5. The molecule has 4 aromatic rings. The van der Waals surface area contributed by atoms with E-state index in [4.69, 9.17) is 11.6 Å². The lowest BCUT2D eigenvalue weighted by atomic mass is 9.97. The molecule has 0 saturated heterocycles. The molecule has 1 N–H and O–H groups in total. The third kappa shape index (κ3) is 2.92. The Morgan fingerprint density at radius 2 is 1.93 bits per heavy atom. The molecule has 28 heavy (non-hydrogen) atoms. The van der Waals surface area contributed by atoms with Crippen molar-refractivity contribution in [3.05, 3.63) is 83.0 Å². The molecule has 0 amide bonds. The van der Waals surface area contributed by atoms with E-state index in [9.17, 15) is 10.5 Å². The van der Waals surface area contributed by atoms with Crippen molar-refractivity contribution >= 4 is 22.9 Å². The Labute approximate surface area is 166 Å². The van der Waals surface area contributed by atoms with Gasteiger partial charge < -0.3 is 5.32 Å². The zero-order chi connectivity index (χ0) is 19.5. The molecule has 0 spiro atoms. The van der Waals surface area contributed by atoms with Crippen molar-refractivity contribution in [2.24, 2.45) is 0 Å². The third-order valence-electron chi connectivity index (χ3n) is 4.40. The minimum absolute atomic E-state index is 0.309. The monoisotopic (exact) mass is 384 g/mol. The van der Waals surface area contributed by atoms with Gasteiger partial charge in [0.15, 0.2) is 5.65 Å². The van der Waals surface area contributed by atoms with Crippen molar-refractivity contribution in [3.8, 4) is 23.3 Å². The molecule has 6 nitrogen and oxygen atoms in total. The van der Waals surface area contributed by atoms with Crippen molar-refractivity contribution in [2.75, 3.05) is 5.32 Å². The SMILES string of the molecule is N#Cc1c(-c2ccccc2Cl)c(C#N)n2ccnc2c1NCc1cccnc1. The van der Waals surface area contributed by atoms with Crippen LogP contribution in [0.3, 0.4) is 0 Å². The first-order chi connectivity index (χ1) is 13.7. The van der Waals surface area contributed by atoms with Crippen LogP contribution in [0, 0.1) is 22.7 Å². The highest BCUT2D eigenvalue weighted by atomic mass is 35.5. The quantitative estimate of drug-likeness (QED) is 0.563. The van der Waals surface area contributed by atoms with Gasteiger partial charge in [0.05, 0.1) is 11.3 Å². The summed E-state index contributed by atoms with van der Waals surface area (Å²) in [5.74, 6) is 0. The average molecular weight is 385 g/mol. The van der Waals surface area contributed by atoms with Crippen LogP contribution in [-0.2, 0) is 6.54 Å². The summed E-state index contributed by atoms with van der Waals surface area (Å²) in [6, 6.07) is 15.4. The molecule has 0 atom stereocenters. The summed E-state index contributed by atoms with van der Waals surface area (Å²) in [6.45, 7) is 0.457. The van der Waals surface area contributed by atoms with E-state index in [0.29, 0.717) is 45.3 Å². The second-order valence-electron chi connectivity index (χ2n) is 6.01. The molecule has 0 bridgehead atoms. The van der Waals surface area contributed by atoms with Crippen LogP contribution in [0.1, 0.15) is 16.8 Å². The Hall–Kier alpha value is -3.87. The van der Waals surface area contributed by atoms with Crippen LogP contribution in [0.4, 0.5) is 5.69 Å². The van der Waals surface area contributed by atoms with Gasteiger partial charge in [-0.1, -0.05) is 35.9 Å².